The van der Waals surface area contributed by atoms with Gasteiger partial charge in [-0.15, -0.1) is 0 Å². The Hall–Kier alpha value is -3.38. The fourth-order valence-corrected chi connectivity index (χ4v) is 4.49. The second kappa shape index (κ2) is 8.04. The van der Waals surface area contributed by atoms with Crippen molar-refractivity contribution in [2.75, 3.05) is 13.7 Å². The molecule has 0 atom stereocenters. The Morgan fingerprint density at radius 2 is 1.90 bits per heavy atom. The number of aryl methyl sites for hydroxylation is 1. The van der Waals surface area contributed by atoms with Gasteiger partial charge in [0.25, 0.3) is 5.56 Å². The zero-order valence-corrected chi connectivity index (χ0v) is 17.9. The lowest BCUT2D eigenvalue weighted by molar-refractivity contribution is 0.240. The number of aromatic nitrogens is 3. The molecule has 0 saturated heterocycles. The smallest absolute Gasteiger partial charge is 0.259 e. The molecule has 6 heteroatoms. The van der Waals surface area contributed by atoms with Crippen LogP contribution in [0.3, 0.4) is 0 Å². The molecule has 0 amide bonds. The van der Waals surface area contributed by atoms with Gasteiger partial charge in [-0.3, -0.25) is 18.7 Å². The number of nitrogens with zero attached hydrogens (tertiary/aromatic N) is 4. The maximum atomic E-state index is 13.6. The van der Waals surface area contributed by atoms with E-state index >= 15 is 0 Å². The van der Waals surface area contributed by atoms with Crippen LogP contribution < -0.4 is 10.3 Å². The second-order valence-corrected chi connectivity index (χ2v) is 8.21. The molecule has 158 valence electrons. The zero-order chi connectivity index (χ0) is 21.4. The minimum atomic E-state index is 0.0541. The maximum absolute atomic E-state index is 13.6. The van der Waals surface area contributed by atoms with Gasteiger partial charge in [-0.05, 0) is 30.2 Å². The highest BCUT2D eigenvalue weighted by molar-refractivity contribution is 5.39. The van der Waals surface area contributed by atoms with Crippen molar-refractivity contribution in [3.8, 4) is 5.75 Å². The van der Waals surface area contributed by atoms with E-state index in [1.165, 1.54) is 11.1 Å². The second-order valence-electron chi connectivity index (χ2n) is 8.21. The van der Waals surface area contributed by atoms with E-state index < -0.39 is 0 Å². The predicted molar refractivity (Wildman–Crippen MR) is 121 cm³/mol. The lowest BCUT2D eigenvalue weighted by Crippen LogP contribution is -2.38. The maximum Gasteiger partial charge on any atom is 0.259 e. The molecule has 0 fully saturated rings. The number of fused-ring (bicyclic) bond motifs is 3. The molecular weight excluding hydrogens is 388 g/mol. The van der Waals surface area contributed by atoms with Gasteiger partial charge in [0.1, 0.15) is 5.75 Å². The first-order valence-corrected chi connectivity index (χ1v) is 10.6. The standard InChI is InChI=1S/C25H26N4O2/c1-18-4-3-5-20(14-18)15-27-12-10-23-22(17-27)24(30)29(25-26-11-13-28(23)25)16-19-6-8-21(31-2)9-7-19/h3-9,11,13-14H,10,12,15-17H2,1-2H3. The fourth-order valence-electron chi connectivity index (χ4n) is 4.49. The van der Waals surface area contributed by atoms with Gasteiger partial charge < -0.3 is 4.74 Å². The highest BCUT2D eigenvalue weighted by Gasteiger charge is 2.24. The van der Waals surface area contributed by atoms with Crippen molar-refractivity contribution >= 4 is 5.78 Å². The van der Waals surface area contributed by atoms with E-state index in [1.807, 2.05) is 30.5 Å². The Bertz CT molecular complexity index is 1290. The van der Waals surface area contributed by atoms with Gasteiger partial charge in [0.2, 0.25) is 5.78 Å². The minimum absolute atomic E-state index is 0.0541. The minimum Gasteiger partial charge on any atom is -0.497 e. The summed E-state index contributed by atoms with van der Waals surface area (Å²) in [5, 5.41) is 0. The summed E-state index contributed by atoms with van der Waals surface area (Å²) < 4.78 is 9.13. The van der Waals surface area contributed by atoms with E-state index in [1.54, 1.807) is 17.9 Å². The van der Waals surface area contributed by atoms with Crippen LogP contribution in [0.25, 0.3) is 5.78 Å². The molecule has 0 N–H and O–H groups in total. The van der Waals surface area contributed by atoms with Crippen LogP contribution in [0.15, 0.2) is 65.7 Å². The molecule has 2 aromatic heterocycles. The molecule has 5 rings (SSSR count). The Balaban J connectivity index is 1.50. The first kappa shape index (κ1) is 19.6. The first-order valence-electron chi connectivity index (χ1n) is 10.6. The average molecular weight is 415 g/mol. The van der Waals surface area contributed by atoms with Crippen LogP contribution in [0.2, 0.25) is 0 Å². The third-order valence-corrected chi connectivity index (χ3v) is 6.04. The van der Waals surface area contributed by atoms with E-state index in [-0.39, 0.29) is 5.56 Å². The Labute approximate surface area is 181 Å². The summed E-state index contributed by atoms with van der Waals surface area (Å²) in [4.78, 5) is 20.4. The summed E-state index contributed by atoms with van der Waals surface area (Å²) in [5.41, 5.74) is 5.60. The van der Waals surface area contributed by atoms with Gasteiger partial charge in [-0.25, -0.2) is 4.98 Å². The number of hydrogen-bond acceptors (Lipinski definition) is 4. The van der Waals surface area contributed by atoms with Crippen LogP contribution in [-0.2, 0) is 26.1 Å². The molecule has 4 aromatic rings. The van der Waals surface area contributed by atoms with Crippen molar-refractivity contribution in [1.29, 1.82) is 0 Å². The van der Waals surface area contributed by atoms with Gasteiger partial charge >= 0.3 is 0 Å². The van der Waals surface area contributed by atoms with E-state index in [0.29, 0.717) is 18.9 Å². The van der Waals surface area contributed by atoms with Gasteiger partial charge in [0, 0.05) is 44.1 Å². The SMILES string of the molecule is COc1ccc(Cn2c(=O)c3c(n4ccnc24)CCN(Cc2cccc(C)c2)C3)cc1. The molecule has 0 bridgehead atoms. The predicted octanol–water partition coefficient (Wildman–Crippen LogP) is 3.42. The van der Waals surface area contributed by atoms with Crippen molar-refractivity contribution in [3.63, 3.8) is 0 Å². The number of rotatable bonds is 5. The molecule has 1 aliphatic heterocycles. The van der Waals surface area contributed by atoms with Crippen LogP contribution in [0.1, 0.15) is 27.9 Å². The molecule has 0 radical (unpaired) electrons. The summed E-state index contributed by atoms with van der Waals surface area (Å²) in [6, 6.07) is 16.4. The van der Waals surface area contributed by atoms with Crippen LogP contribution >= 0.6 is 0 Å². The van der Waals surface area contributed by atoms with E-state index in [4.69, 9.17) is 4.74 Å². The van der Waals surface area contributed by atoms with Crippen LogP contribution in [-0.4, -0.2) is 32.5 Å². The molecule has 1 aliphatic rings. The summed E-state index contributed by atoms with van der Waals surface area (Å²) in [7, 11) is 1.65. The average Bonchev–Trinajstić information content (AvgIpc) is 3.27. The molecule has 2 aromatic carbocycles. The number of imidazole rings is 1. The third kappa shape index (κ3) is 3.75. The van der Waals surface area contributed by atoms with Crippen molar-refractivity contribution in [3.05, 3.63) is 99.2 Å². The van der Waals surface area contributed by atoms with Crippen molar-refractivity contribution in [2.45, 2.75) is 33.0 Å². The molecule has 0 unspecified atom stereocenters. The van der Waals surface area contributed by atoms with Crippen molar-refractivity contribution in [2.24, 2.45) is 0 Å². The third-order valence-electron chi connectivity index (χ3n) is 6.04. The summed E-state index contributed by atoms with van der Waals surface area (Å²) in [6.45, 7) is 5.02. The molecule has 0 spiro atoms. The highest BCUT2D eigenvalue weighted by atomic mass is 16.5. The van der Waals surface area contributed by atoms with Crippen molar-refractivity contribution in [1.82, 2.24) is 18.9 Å². The molecule has 3 heterocycles. The number of hydrogen-bond donors (Lipinski definition) is 0. The highest BCUT2D eigenvalue weighted by Crippen LogP contribution is 2.21. The lowest BCUT2D eigenvalue weighted by Gasteiger charge is -2.29. The fraction of sp³-hybridized carbons (Fsp3) is 0.280. The first-order chi connectivity index (χ1) is 15.1. The summed E-state index contributed by atoms with van der Waals surface area (Å²) in [5.74, 6) is 1.51. The van der Waals surface area contributed by atoms with E-state index in [0.717, 1.165) is 42.1 Å². The number of ether oxygens (including phenoxy) is 1. The van der Waals surface area contributed by atoms with Gasteiger partial charge in [-0.2, -0.15) is 0 Å². The Kier molecular flexibility index (Phi) is 5.08. The summed E-state index contributed by atoms with van der Waals surface area (Å²) >= 11 is 0. The Morgan fingerprint density at radius 3 is 2.68 bits per heavy atom. The van der Waals surface area contributed by atoms with Gasteiger partial charge in [-0.1, -0.05) is 42.0 Å². The largest absolute Gasteiger partial charge is 0.497 e. The number of methoxy groups -OCH3 is 1. The molecular formula is C25H26N4O2. The molecule has 0 aliphatic carbocycles. The van der Waals surface area contributed by atoms with Crippen LogP contribution in [0.5, 0.6) is 5.75 Å². The van der Waals surface area contributed by atoms with Crippen LogP contribution in [0, 0.1) is 6.92 Å². The van der Waals surface area contributed by atoms with E-state index in [2.05, 4.69) is 45.5 Å². The molecule has 6 nitrogen and oxygen atoms in total. The Morgan fingerprint density at radius 1 is 1.06 bits per heavy atom. The quantitative estimate of drug-likeness (QED) is 0.502. The van der Waals surface area contributed by atoms with E-state index in [9.17, 15) is 4.79 Å². The van der Waals surface area contributed by atoms with Crippen molar-refractivity contribution < 1.29 is 4.74 Å². The summed E-state index contributed by atoms with van der Waals surface area (Å²) in [6.07, 6.45) is 4.58. The van der Waals surface area contributed by atoms with Crippen LogP contribution in [0.4, 0.5) is 0 Å². The number of benzene rings is 2. The normalized spacial score (nSPS) is 14.0. The van der Waals surface area contributed by atoms with Gasteiger partial charge in [0.05, 0.1) is 19.2 Å². The monoisotopic (exact) mass is 414 g/mol. The lowest BCUT2D eigenvalue weighted by atomic mass is 10.0. The topological polar surface area (TPSA) is 51.8 Å². The molecule has 0 saturated carbocycles. The van der Waals surface area contributed by atoms with Gasteiger partial charge in [0.15, 0.2) is 0 Å². The molecule has 31 heavy (non-hydrogen) atoms. The zero-order valence-electron chi connectivity index (χ0n) is 17.9.